The maximum absolute atomic E-state index is 5.81. The molecule has 3 unspecified atom stereocenters. The van der Waals surface area contributed by atoms with E-state index in [4.69, 9.17) is 10.7 Å². The average molecular weight is 267 g/mol. The Kier molecular flexibility index (Phi) is 4.28. The van der Waals surface area contributed by atoms with E-state index in [1.54, 1.807) is 11.3 Å². The lowest BCUT2D eigenvalue weighted by molar-refractivity contribution is 0.297. The van der Waals surface area contributed by atoms with Crippen LogP contribution in [0.1, 0.15) is 44.7 Å². The van der Waals surface area contributed by atoms with Crippen LogP contribution in [0.2, 0.25) is 0 Å². The Balaban J connectivity index is 2.26. The molecular weight excluding hydrogens is 242 g/mol. The molecule has 3 atom stereocenters. The standard InChI is InChI=1S/C14H25N3S/c1-5-12-13(7-15)18-14(16-12)17-8-9(2)6-10(3)11(17)4/h9-11H,5-8,15H2,1-4H3. The zero-order valence-electron chi connectivity index (χ0n) is 11.9. The van der Waals surface area contributed by atoms with Crippen LogP contribution in [0.3, 0.4) is 0 Å². The summed E-state index contributed by atoms with van der Waals surface area (Å²) < 4.78 is 0. The summed E-state index contributed by atoms with van der Waals surface area (Å²) in [6, 6.07) is 0.586. The minimum Gasteiger partial charge on any atom is -0.345 e. The van der Waals surface area contributed by atoms with E-state index in [-0.39, 0.29) is 0 Å². The molecule has 0 radical (unpaired) electrons. The number of rotatable bonds is 3. The molecule has 1 aromatic rings. The first kappa shape index (κ1) is 13.8. The molecule has 1 aliphatic heterocycles. The van der Waals surface area contributed by atoms with E-state index in [2.05, 4.69) is 32.6 Å². The number of hydrogen-bond acceptors (Lipinski definition) is 4. The van der Waals surface area contributed by atoms with E-state index in [9.17, 15) is 0 Å². The van der Waals surface area contributed by atoms with Crippen molar-refractivity contribution in [3.8, 4) is 0 Å². The maximum Gasteiger partial charge on any atom is 0.186 e. The average Bonchev–Trinajstić information content (AvgIpc) is 2.76. The lowest BCUT2D eigenvalue weighted by Crippen LogP contribution is -2.45. The van der Waals surface area contributed by atoms with Crippen LogP contribution >= 0.6 is 11.3 Å². The Labute approximate surface area is 114 Å². The minimum atomic E-state index is 0.586. The number of nitrogens with zero attached hydrogens (tertiary/aromatic N) is 2. The quantitative estimate of drug-likeness (QED) is 0.915. The van der Waals surface area contributed by atoms with Crippen LogP contribution in [0.5, 0.6) is 0 Å². The van der Waals surface area contributed by atoms with Gasteiger partial charge in [-0.3, -0.25) is 0 Å². The molecule has 18 heavy (non-hydrogen) atoms. The van der Waals surface area contributed by atoms with Crippen LogP contribution in [-0.2, 0) is 13.0 Å². The number of piperidine rings is 1. The molecule has 1 fully saturated rings. The van der Waals surface area contributed by atoms with E-state index in [0.717, 1.165) is 24.8 Å². The monoisotopic (exact) mass is 267 g/mol. The molecule has 0 saturated carbocycles. The second-order valence-corrected chi connectivity index (χ2v) is 6.70. The second kappa shape index (κ2) is 5.57. The summed E-state index contributed by atoms with van der Waals surface area (Å²) in [6.45, 7) is 10.9. The lowest BCUT2D eigenvalue weighted by atomic mass is 9.86. The van der Waals surface area contributed by atoms with Crippen molar-refractivity contribution in [3.63, 3.8) is 0 Å². The second-order valence-electron chi connectivity index (χ2n) is 5.64. The van der Waals surface area contributed by atoms with Gasteiger partial charge in [0, 0.05) is 24.0 Å². The lowest BCUT2D eigenvalue weighted by Gasteiger charge is -2.41. The third kappa shape index (κ3) is 2.54. The van der Waals surface area contributed by atoms with Crippen LogP contribution < -0.4 is 10.6 Å². The van der Waals surface area contributed by atoms with Crippen molar-refractivity contribution in [2.75, 3.05) is 11.4 Å². The van der Waals surface area contributed by atoms with Gasteiger partial charge in [-0.25, -0.2) is 4.98 Å². The van der Waals surface area contributed by atoms with Gasteiger partial charge in [0.2, 0.25) is 0 Å². The van der Waals surface area contributed by atoms with Gasteiger partial charge in [0.05, 0.1) is 5.69 Å². The molecule has 1 aliphatic rings. The van der Waals surface area contributed by atoms with Crippen molar-refractivity contribution in [1.29, 1.82) is 0 Å². The predicted molar refractivity (Wildman–Crippen MR) is 79.1 cm³/mol. The van der Waals surface area contributed by atoms with E-state index in [1.807, 2.05) is 0 Å². The third-order valence-corrected chi connectivity index (χ3v) is 5.29. The van der Waals surface area contributed by atoms with Gasteiger partial charge in [-0.05, 0) is 31.6 Å². The fraction of sp³-hybridized carbons (Fsp3) is 0.786. The molecule has 2 rings (SSSR count). The molecule has 0 bridgehead atoms. The third-order valence-electron chi connectivity index (χ3n) is 4.13. The molecule has 0 spiro atoms. The SMILES string of the molecule is CCc1nc(N2CC(C)CC(C)C2C)sc1CN. The highest BCUT2D eigenvalue weighted by Gasteiger charge is 2.30. The van der Waals surface area contributed by atoms with Crippen LogP contribution in [0.4, 0.5) is 5.13 Å². The summed E-state index contributed by atoms with van der Waals surface area (Å²) in [5.74, 6) is 1.50. The molecule has 1 aromatic heterocycles. The molecule has 102 valence electrons. The molecule has 0 aromatic carbocycles. The number of anilines is 1. The largest absolute Gasteiger partial charge is 0.345 e. The van der Waals surface area contributed by atoms with E-state index >= 15 is 0 Å². The molecule has 0 amide bonds. The van der Waals surface area contributed by atoms with Crippen molar-refractivity contribution in [3.05, 3.63) is 10.6 Å². The van der Waals surface area contributed by atoms with Gasteiger partial charge in [-0.2, -0.15) is 0 Å². The van der Waals surface area contributed by atoms with Gasteiger partial charge in [-0.1, -0.05) is 20.8 Å². The van der Waals surface area contributed by atoms with Gasteiger partial charge >= 0.3 is 0 Å². The van der Waals surface area contributed by atoms with Crippen molar-refractivity contribution in [2.24, 2.45) is 17.6 Å². The van der Waals surface area contributed by atoms with Crippen LogP contribution in [-0.4, -0.2) is 17.6 Å². The normalized spacial score (nSPS) is 28.7. The molecule has 2 N–H and O–H groups in total. The van der Waals surface area contributed by atoms with Gasteiger partial charge in [0.15, 0.2) is 5.13 Å². The van der Waals surface area contributed by atoms with Gasteiger partial charge in [-0.15, -0.1) is 11.3 Å². The van der Waals surface area contributed by atoms with Crippen LogP contribution in [0, 0.1) is 11.8 Å². The Hall–Kier alpha value is -0.610. The first-order chi connectivity index (χ1) is 8.56. The Morgan fingerprint density at radius 1 is 1.39 bits per heavy atom. The van der Waals surface area contributed by atoms with E-state index in [1.165, 1.54) is 22.1 Å². The van der Waals surface area contributed by atoms with Crippen molar-refractivity contribution in [1.82, 2.24) is 4.98 Å². The highest BCUT2D eigenvalue weighted by Crippen LogP contribution is 2.34. The zero-order chi connectivity index (χ0) is 13.3. The number of thiazole rings is 1. The highest BCUT2D eigenvalue weighted by molar-refractivity contribution is 7.15. The number of nitrogens with two attached hydrogens (primary N) is 1. The molecular formula is C14H25N3S. The van der Waals surface area contributed by atoms with Crippen molar-refractivity contribution >= 4 is 16.5 Å². The van der Waals surface area contributed by atoms with Crippen LogP contribution in [0.25, 0.3) is 0 Å². The van der Waals surface area contributed by atoms with Crippen molar-refractivity contribution in [2.45, 2.75) is 53.1 Å². The number of hydrogen-bond donors (Lipinski definition) is 1. The predicted octanol–water partition coefficient (Wildman–Crippen LogP) is 3.04. The molecule has 0 aliphatic carbocycles. The maximum atomic E-state index is 5.81. The van der Waals surface area contributed by atoms with E-state index in [0.29, 0.717) is 12.6 Å². The van der Waals surface area contributed by atoms with Gasteiger partial charge in [0.25, 0.3) is 0 Å². The topological polar surface area (TPSA) is 42.2 Å². The Bertz CT molecular complexity index is 380. The first-order valence-electron chi connectivity index (χ1n) is 7.02. The Morgan fingerprint density at radius 3 is 2.67 bits per heavy atom. The zero-order valence-corrected chi connectivity index (χ0v) is 12.8. The summed E-state index contributed by atoms with van der Waals surface area (Å²) in [5, 5.41) is 1.18. The van der Waals surface area contributed by atoms with Crippen molar-refractivity contribution < 1.29 is 0 Å². The summed E-state index contributed by atoms with van der Waals surface area (Å²) >= 11 is 1.79. The minimum absolute atomic E-state index is 0.586. The number of aromatic nitrogens is 1. The molecule has 1 saturated heterocycles. The molecule has 4 heteroatoms. The summed E-state index contributed by atoms with van der Waals surface area (Å²) in [5.41, 5.74) is 7.00. The fourth-order valence-corrected chi connectivity index (χ4v) is 4.02. The highest BCUT2D eigenvalue weighted by atomic mass is 32.1. The first-order valence-corrected chi connectivity index (χ1v) is 7.83. The number of aryl methyl sites for hydroxylation is 1. The van der Waals surface area contributed by atoms with E-state index < -0.39 is 0 Å². The van der Waals surface area contributed by atoms with Crippen LogP contribution in [0.15, 0.2) is 0 Å². The van der Waals surface area contributed by atoms with Gasteiger partial charge in [0.1, 0.15) is 0 Å². The smallest absolute Gasteiger partial charge is 0.186 e. The summed E-state index contributed by atoms with van der Waals surface area (Å²) in [4.78, 5) is 8.55. The molecule has 3 nitrogen and oxygen atoms in total. The summed E-state index contributed by atoms with van der Waals surface area (Å²) in [7, 11) is 0. The summed E-state index contributed by atoms with van der Waals surface area (Å²) in [6.07, 6.45) is 2.31. The fourth-order valence-electron chi connectivity index (χ4n) is 2.90. The van der Waals surface area contributed by atoms with Gasteiger partial charge < -0.3 is 10.6 Å². The Morgan fingerprint density at radius 2 is 2.11 bits per heavy atom. The molecule has 2 heterocycles.